The number of para-hydroxylation sites is 1. The second kappa shape index (κ2) is 11.1. The van der Waals surface area contributed by atoms with Crippen molar-refractivity contribution < 1.29 is 19.1 Å². The smallest absolute Gasteiger partial charge is 0.339 e. The number of amides is 1. The summed E-state index contributed by atoms with van der Waals surface area (Å²) >= 11 is 1.30. The van der Waals surface area contributed by atoms with Gasteiger partial charge in [-0.25, -0.2) is 4.79 Å². The summed E-state index contributed by atoms with van der Waals surface area (Å²) in [7, 11) is 0. The number of nitrogens with one attached hydrogen (secondary N) is 1. The molecule has 0 saturated heterocycles. The van der Waals surface area contributed by atoms with Gasteiger partial charge in [-0.15, -0.1) is 11.8 Å². The summed E-state index contributed by atoms with van der Waals surface area (Å²) in [4.78, 5) is 25.4. The maximum Gasteiger partial charge on any atom is 0.339 e. The van der Waals surface area contributed by atoms with Crippen LogP contribution in [0.25, 0.3) is 0 Å². The van der Waals surface area contributed by atoms with Crippen LogP contribution < -0.4 is 10.1 Å². The Hall–Kier alpha value is -3.25. The molecule has 1 N–H and O–H groups in total. The predicted octanol–water partition coefficient (Wildman–Crippen LogP) is 4.96. The molecule has 0 bridgehead atoms. The molecule has 3 rings (SSSR count). The molecule has 0 heterocycles. The minimum absolute atomic E-state index is 0.136. The zero-order chi connectivity index (χ0) is 21.2. The lowest BCUT2D eigenvalue weighted by Gasteiger charge is -2.10. The Labute approximate surface area is 180 Å². The highest BCUT2D eigenvalue weighted by atomic mass is 32.2. The van der Waals surface area contributed by atoms with Crippen molar-refractivity contribution in [3.8, 4) is 5.75 Å². The van der Waals surface area contributed by atoms with Gasteiger partial charge < -0.3 is 14.8 Å². The maximum atomic E-state index is 12.5. The monoisotopic (exact) mass is 421 g/mol. The summed E-state index contributed by atoms with van der Waals surface area (Å²) in [6.07, 6.45) is 0. The minimum Gasteiger partial charge on any atom is -0.490 e. The van der Waals surface area contributed by atoms with Gasteiger partial charge in [-0.3, -0.25) is 4.79 Å². The molecule has 0 unspecified atom stereocenters. The largest absolute Gasteiger partial charge is 0.490 e. The van der Waals surface area contributed by atoms with E-state index in [-0.39, 0.29) is 24.9 Å². The molecule has 3 aromatic rings. The predicted molar refractivity (Wildman–Crippen MR) is 119 cm³/mol. The van der Waals surface area contributed by atoms with Crippen LogP contribution in [0.3, 0.4) is 0 Å². The fourth-order valence-electron chi connectivity index (χ4n) is 2.63. The van der Waals surface area contributed by atoms with E-state index in [1.807, 2.05) is 67.6 Å². The number of carbonyl (C=O) groups is 2. The molecule has 6 heteroatoms. The van der Waals surface area contributed by atoms with E-state index in [4.69, 9.17) is 9.47 Å². The molecular formula is C24H23NO4S. The van der Waals surface area contributed by atoms with Crippen LogP contribution in [0.2, 0.25) is 0 Å². The number of ether oxygens (including phenoxy) is 2. The first-order valence-corrected chi connectivity index (χ1v) is 10.5. The van der Waals surface area contributed by atoms with Gasteiger partial charge in [0.15, 0.2) is 0 Å². The zero-order valence-electron chi connectivity index (χ0n) is 16.7. The van der Waals surface area contributed by atoms with Crippen LogP contribution >= 0.6 is 11.8 Å². The lowest BCUT2D eigenvalue weighted by atomic mass is 10.2. The first kappa shape index (κ1) is 21.5. The van der Waals surface area contributed by atoms with Gasteiger partial charge in [0.25, 0.3) is 0 Å². The van der Waals surface area contributed by atoms with Gasteiger partial charge in [0.1, 0.15) is 19.0 Å². The summed E-state index contributed by atoms with van der Waals surface area (Å²) in [5, 5.41) is 2.85. The van der Waals surface area contributed by atoms with Gasteiger partial charge in [-0.1, -0.05) is 48.0 Å². The van der Waals surface area contributed by atoms with Crippen LogP contribution in [-0.2, 0) is 9.53 Å². The fourth-order valence-corrected chi connectivity index (χ4v) is 3.47. The first-order chi connectivity index (χ1) is 14.6. The number of rotatable bonds is 9. The van der Waals surface area contributed by atoms with Gasteiger partial charge >= 0.3 is 5.97 Å². The second-order valence-corrected chi connectivity index (χ2v) is 7.51. The van der Waals surface area contributed by atoms with Crippen molar-refractivity contribution in [1.29, 1.82) is 0 Å². The number of thioether (sulfide) groups is 1. The number of anilines is 1. The Bertz CT molecular complexity index is 974. The molecule has 5 nitrogen and oxygen atoms in total. The van der Waals surface area contributed by atoms with Gasteiger partial charge in [-0.2, -0.15) is 0 Å². The quantitative estimate of drug-likeness (QED) is 0.300. The highest BCUT2D eigenvalue weighted by molar-refractivity contribution is 8.00. The van der Waals surface area contributed by atoms with Gasteiger partial charge in [0, 0.05) is 10.6 Å². The standard InChI is InChI=1S/C24H23NO4S/c1-18-11-13-19(14-12-18)25-23(26)17-30-22-10-6-5-9-21(22)24(27)29-16-15-28-20-7-3-2-4-8-20/h2-14H,15-17H2,1H3,(H,25,26). The molecule has 0 fully saturated rings. The van der Waals surface area contributed by atoms with Crippen molar-refractivity contribution in [1.82, 2.24) is 0 Å². The number of aryl methyl sites for hydroxylation is 1. The van der Waals surface area contributed by atoms with Crippen molar-refractivity contribution in [3.05, 3.63) is 90.0 Å². The van der Waals surface area contributed by atoms with Crippen molar-refractivity contribution in [2.75, 3.05) is 24.3 Å². The molecular weight excluding hydrogens is 398 g/mol. The third-order valence-corrected chi connectivity index (χ3v) is 5.20. The number of carbonyl (C=O) groups excluding carboxylic acids is 2. The lowest BCUT2D eigenvalue weighted by Crippen LogP contribution is -2.15. The summed E-state index contributed by atoms with van der Waals surface area (Å²) in [5.74, 6) is 0.344. The molecule has 0 aromatic heterocycles. The Morgan fingerprint density at radius 2 is 1.57 bits per heavy atom. The minimum atomic E-state index is -0.436. The van der Waals surface area contributed by atoms with Crippen molar-refractivity contribution in [3.63, 3.8) is 0 Å². The van der Waals surface area contributed by atoms with E-state index < -0.39 is 5.97 Å². The van der Waals surface area contributed by atoms with Gasteiger partial charge in [0.05, 0.1) is 11.3 Å². The van der Waals surface area contributed by atoms with Crippen LogP contribution in [-0.4, -0.2) is 30.8 Å². The second-order valence-electron chi connectivity index (χ2n) is 6.50. The Balaban J connectivity index is 1.48. The van der Waals surface area contributed by atoms with Crippen LogP contribution in [0.5, 0.6) is 5.75 Å². The van der Waals surface area contributed by atoms with Gasteiger partial charge in [-0.05, 0) is 43.3 Å². The number of benzene rings is 3. The fraction of sp³-hybridized carbons (Fsp3) is 0.167. The van der Waals surface area contributed by atoms with Crippen LogP contribution in [0.1, 0.15) is 15.9 Å². The van der Waals surface area contributed by atoms with Crippen molar-refractivity contribution in [2.24, 2.45) is 0 Å². The maximum absolute atomic E-state index is 12.5. The highest BCUT2D eigenvalue weighted by Crippen LogP contribution is 2.23. The van der Waals surface area contributed by atoms with Crippen LogP contribution in [0, 0.1) is 6.92 Å². The molecule has 30 heavy (non-hydrogen) atoms. The van der Waals surface area contributed by atoms with Gasteiger partial charge in [0.2, 0.25) is 5.91 Å². The normalized spacial score (nSPS) is 10.3. The molecule has 0 atom stereocenters. The van der Waals surface area contributed by atoms with E-state index in [2.05, 4.69) is 5.32 Å². The van der Waals surface area contributed by atoms with E-state index in [9.17, 15) is 9.59 Å². The van der Waals surface area contributed by atoms with Crippen molar-refractivity contribution >= 4 is 29.3 Å². The Morgan fingerprint density at radius 1 is 0.867 bits per heavy atom. The lowest BCUT2D eigenvalue weighted by molar-refractivity contribution is -0.113. The molecule has 154 valence electrons. The van der Waals surface area contributed by atoms with E-state index in [0.717, 1.165) is 17.0 Å². The number of esters is 1. The van der Waals surface area contributed by atoms with E-state index >= 15 is 0 Å². The van der Waals surface area contributed by atoms with E-state index in [1.165, 1.54) is 11.8 Å². The summed E-state index contributed by atoms with van der Waals surface area (Å²) in [5.41, 5.74) is 2.31. The van der Waals surface area contributed by atoms with Crippen LogP contribution in [0.15, 0.2) is 83.8 Å². The van der Waals surface area contributed by atoms with E-state index in [0.29, 0.717) is 10.5 Å². The highest BCUT2D eigenvalue weighted by Gasteiger charge is 2.14. The SMILES string of the molecule is Cc1ccc(NC(=O)CSc2ccccc2C(=O)OCCOc2ccccc2)cc1. The van der Waals surface area contributed by atoms with Crippen LogP contribution in [0.4, 0.5) is 5.69 Å². The topological polar surface area (TPSA) is 64.6 Å². The molecule has 0 spiro atoms. The summed E-state index contributed by atoms with van der Waals surface area (Å²) < 4.78 is 10.9. The molecule has 0 saturated carbocycles. The third kappa shape index (κ3) is 6.67. The molecule has 0 radical (unpaired) electrons. The molecule has 0 aliphatic rings. The summed E-state index contributed by atoms with van der Waals surface area (Å²) in [6, 6.07) is 24.1. The Kier molecular flexibility index (Phi) is 7.92. The average molecular weight is 422 g/mol. The zero-order valence-corrected chi connectivity index (χ0v) is 17.5. The average Bonchev–Trinajstić information content (AvgIpc) is 2.77. The first-order valence-electron chi connectivity index (χ1n) is 9.55. The third-order valence-electron chi connectivity index (χ3n) is 4.13. The summed E-state index contributed by atoms with van der Waals surface area (Å²) in [6.45, 7) is 2.40. The van der Waals surface area contributed by atoms with E-state index in [1.54, 1.807) is 18.2 Å². The molecule has 0 aliphatic heterocycles. The number of hydrogen-bond acceptors (Lipinski definition) is 5. The molecule has 1 amide bonds. The van der Waals surface area contributed by atoms with Crippen molar-refractivity contribution in [2.45, 2.75) is 11.8 Å². The number of hydrogen-bond donors (Lipinski definition) is 1. The molecule has 0 aliphatic carbocycles. The Morgan fingerprint density at radius 3 is 2.33 bits per heavy atom. The molecule has 3 aromatic carbocycles.